The van der Waals surface area contributed by atoms with E-state index < -0.39 is 0 Å². The Morgan fingerprint density at radius 2 is 2.08 bits per heavy atom. The molecule has 0 aromatic carbocycles. The molecule has 136 valence electrons. The minimum Gasteiger partial charge on any atom is -0.352 e. The molecule has 25 heavy (non-hydrogen) atoms. The van der Waals surface area contributed by atoms with Gasteiger partial charge in [0.2, 0.25) is 11.8 Å². The van der Waals surface area contributed by atoms with Crippen molar-refractivity contribution in [3.8, 4) is 0 Å². The van der Waals surface area contributed by atoms with Crippen molar-refractivity contribution in [2.45, 2.75) is 77.8 Å². The normalized spacial score (nSPS) is 17.1. The van der Waals surface area contributed by atoms with Gasteiger partial charge in [-0.2, -0.15) is 4.98 Å². The number of rotatable bonds is 6. The lowest BCUT2D eigenvalue weighted by Gasteiger charge is -2.25. The Morgan fingerprint density at radius 1 is 1.28 bits per heavy atom. The lowest BCUT2D eigenvalue weighted by Crippen LogP contribution is -2.41. The SMILES string of the molecule is CC(C)c1noc(CCC(=O)N[C@@H]2CCc3nnc(C(C)C)n3C2)n1. The molecule has 0 fully saturated rings. The van der Waals surface area contributed by atoms with Crippen LogP contribution < -0.4 is 5.32 Å². The van der Waals surface area contributed by atoms with Crippen molar-refractivity contribution < 1.29 is 9.32 Å². The molecule has 1 amide bonds. The number of nitrogens with one attached hydrogen (secondary N) is 1. The summed E-state index contributed by atoms with van der Waals surface area (Å²) in [7, 11) is 0. The summed E-state index contributed by atoms with van der Waals surface area (Å²) in [6.45, 7) is 8.97. The van der Waals surface area contributed by atoms with Gasteiger partial charge in [0.25, 0.3) is 0 Å². The minimum atomic E-state index is 0.0110. The second-order valence-electron chi connectivity index (χ2n) is 7.24. The first-order valence-corrected chi connectivity index (χ1v) is 8.97. The molecule has 8 nitrogen and oxygen atoms in total. The summed E-state index contributed by atoms with van der Waals surface area (Å²) in [5.41, 5.74) is 0. The van der Waals surface area contributed by atoms with Gasteiger partial charge in [0.05, 0.1) is 0 Å². The highest BCUT2D eigenvalue weighted by molar-refractivity contribution is 5.76. The zero-order valence-corrected chi connectivity index (χ0v) is 15.3. The van der Waals surface area contributed by atoms with Gasteiger partial charge < -0.3 is 14.4 Å². The molecule has 0 saturated carbocycles. The van der Waals surface area contributed by atoms with Gasteiger partial charge in [-0.25, -0.2) is 0 Å². The standard InChI is InChI=1S/C17H26N6O2/c1-10(2)16-19-15(25-22-16)8-7-14(24)18-12-5-6-13-20-21-17(11(3)4)23(13)9-12/h10-12H,5-9H2,1-4H3,(H,18,24)/t12-/m1/s1. The van der Waals surface area contributed by atoms with Gasteiger partial charge in [-0.05, 0) is 6.42 Å². The monoisotopic (exact) mass is 346 g/mol. The van der Waals surface area contributed by atoms with Crippen LogP contribution in [0, 0.1) is 0 Å². The van der Waals surface area contributed by atoms with E-state index in [9.17, 15) is 4.79 Å². The van der Waals surface area contributed by atoms with Crippen molar-refractivity contribution in [3.05, 3.63) is 23.4 Å². The number of carbonyl (C=O) groups excluding carboxylic acids is 1. The van der Waals surface area contributed by atoms with Gasteiger partial charge in [0.15, 0.2) is 5.82 Å². The van der Waals surface area contributed by atoms with E-state index in [1.165, 1.54) is 0 Å². The number of carbonyl (C=O) groups is 1. The second-order valence-corrected chi connectivity index (χ2v) is 7.24. The smallest absolute Gasteiger partial charge is 0.227 e. The highest BCUT2D eigenvalue weighted by atomic mass is 16.5. The summed E-state index contributed by atoms with van der Waals surface area (Å²) in [4.78, 5) is 16.6. The maximum Gasteiger partial charge on any atom is 0.227 e. The van der Waals surface area contributed by atoms with Crippen LogP contribution in [0.5, 0.6) is 0 Å². The van der Waals surface area contributed by atoms with Gasteiger partial charge in [-0.1, -0.05) is 32.9 Å². The number of nitrogens with zero attached hydrogens (tertiary/aromatic N) is 5. The molecule has 3 rings (SSSR count). The number of aromatic nitrogens is 5. The third-order valence-corrected chi connectivity index (χ3v) is 4.42. The van der Waals surface area contributed by atoms with Crippen LogP contribution in [0.4, 0.5) is 0 Å². The maximum absolute atomic E-state index is 12.3. The molecule has 3 heterocycles. The Hall–Kier alpha value is -2.25. The number of fused-ring (bicyclic) bond motifs is 1. The molecule has 1 aliphatic rings. The quantitative estimate of drug-likeness (QED) is 0.858. The van der Waals surface area contributed by atoms with Crippen molar-refractivity contribution >= 4 is 5.91 Å². The molecule has 0 unspecified atom stereocenters. The van der Waals surface area contributed by atoms with Crippen molar-refractivity contribution in [2.24, 2.45) is 0 Å². The number of aryl methyl sites for hydroxylation is 2. The molecular formula is C17H26N6O2. The molecule has 0 saturated heterocycles. The summed E-state index contributed by atoms with van der Waals surface area (Å²) in [5, 5.41) is 15.6. The van der Waals surface area contributed by atoms with E-state index in [-0.39, 0.29) is 17.9 Å². The summed E-state index contributed by atoms with van der Waals surface area (Å²) < 4.78 is 7.33. The largest absolute Gasteiger partial charge is 0.352 e. The molecular weight excluding hydrogens is 320 g/mol. The molecule has 1 aliphatic heterocycles. The molecule has 0 bridgehead atoms. The molecule has 0 spiro atoms. The highest BCUT2D eigenvalue weighted by Crippen LogP contribution is 2.20. The fraction of sp³-hybridized carbons (Fsp3) is 0.706. The van der Waals surface area contributed by atoms with Crippen LogP contribution in [0.15, 0.2) is 4.52 Å². The fourth-order valence-electron chi connectivity index (χ4n) is 3.02. The number of amides is 1. The van der Waals surface area contributed by atoms with Crippen LogP contribution >= 0.6 is 0 Å². The summed E-state index contributed by atoms with van der Waals surface area (Å²) in [6.07, 6.45) is 2.54. The van der Waals surface area contributed by atoms with E-state index >= 15 is 0 Å². The van der Waals surface area contributed by atoms with E-state index in [2.05, 4.69) is 44.1 Å². The van der Waals surface area contributed by atoms with E-state index in [1.807, 2.05) is 13.8 Å². The first-order valence-electron chi connectivity index (χ1n) is 8.97. The molecule has 0 aliphatic carbocycles. The summed E-state index contributed by atoms with van der Waals surface area (Å²) in [6, 6.07) is 0.113. The predicted octanol–water partition coefficient (Wildman–Crippen LogP) is 1.97. The summed E-state index contributed by atoms with van der Waals surface area (Å²) >= 11 is 0. The van der Waals surface area contributed by atoms with Crippen LogP contribution in [0.2, 0.25) is 0 Å². The third-order valence-electron chi connectivity index (χ3n) is 4.42. The Bertz CT molecular complexity index is 733. The van der Waals surface area contributed by atoms with Crippen LogP contribution in [-0.2, 0) is 24.2 Å². The zero-order valence-electron chi connectivity index (χ0n) is 15.3. The van der Waals surface area contributed by atoms with Crippen LogP contribution in [-0.4, -0.2) is 36.9 Å². The van der Waals surface area contributed by atoms with E-state index in [1.54, 1.807) is 0 Å². The average molecular weight is 346 g/mol. The molecule has 8 heteroatoms. The van der Waals surface area contributed by atoms with Crippen LogP contribution in [0.1, 0.15) is 75.7 Å². The lowest BCUT2D eigenvalue weighted by atomic mass is 10.1. The van der Waals surface area contributed by atoms with E-state index in [4.69, 9.17) is 4.52 Å². The predicted molar refractivity (Wildman–Crippen MR) is 91.1 cm³/mol. The van der Waals surface area contributed by atoms with E-state index in [0.717, 1.165) is 31.0 Å². The fourth-order valence-corrected chi connectivity index (χ4v) is 3.02. The van der Waals surface area contributed by atoms with Gasteiger partial charge in [0.1, 0.15) is 11.6 Å². The molecule has 2 aromatic heterocycles. The zero-order chi connectivity index (χ0) is 18.0. The second kappa shape index (κ2) is 7.33. The Balaban J connectivity index is 1.52. The molecule has 2 aromatic rings. The van der Waals surface area contributed by atoms with Crippen molar-refractivity contribution in [3.63, 3.8) is 0 Å². The first-order chi connectivity index (χ1) is 11.9. The molecule has 0 radical (unpaired) electrons. The topological polar surface area (TPSA) is 98.7 Å². The Labute approximate surface area is 147 Å². The van der Waals surface area contributed by atoms with Crippen LogP contribution in [0.3, 0.4) is 0 Å². The molecule has 1 atom stereocenters. The van der Waals surface area contributed by atoms with Crippen molar-refractivity contribution in [2.75, 3.05) is 0 Å². The first kappa shape index (κ1) is 17.6. The minimum absolute atomic E-state index is 0.0110. The Morgan fingerprint density at radius 3 is 2.76 bits per heavy atom. The van der Waals surface area contributed by atoms with Crippen molar-refractivity contribution in [1.29, 1.82) is 0 Å². The number of hydrogen-bond donors (Lipinski definition) is 1. The van der Waals surface area contributed by atoms with Crippen molar-refractivity contribution in [1.82, 2.24) is 30.2 Å². The van der Waals surface area contributed by atoms with Gasteiger partial charge in [0, 0.05) is 43.7 Å². The van der Waals surface area contributed by atoms with Gasteiger partial charge >= 0.3 is 0 Å². The third kappa shape index (κ3) is 4.05. The average Bonchev–Trinajstić information content (AvgIpc) is 3.19. The van der Waals surface area contributed by atoms with Crippen LogP contribution in [0.25, 0.3) is 0 Å². The summed E-state index contributed by atoms with van der Waals surface area (Å²) in [5.74, 6) is 3.76. The Kier molecular flexibility index (Phi) is 5.15. The highest BCUT2D eigenvalue weighted by Gasteiger charge is 2.25. The van der Waals surface area contributed by atoms with Gasteiger partial charge in [-0.15, -0.1) is 10.2 Å². The molecule has 1 N–H and O–H groups in total. The lowest BCUT2D eigenvalue weighted by molar-refractivity contribution is -0.122. The maximum atomic E-state index is 12.3. The van der Waals surface area contributed by atoms with E-state index in [0.29, 0.717) is 30.5 Å². The van der Waals surface area contributed by atoms with Gasteiger partial charge in [-0.3, -0.25) is 4.79 Å². The number of hydrogen-bond acceptors (Lipinski definition) is 6.